The van der Waals surface area contributed by atoms with Gasteiger partial charge in [-0.15, -0.1) is 0 Å². The first kappa shape index (κ1) is 13.2. The highest BCUT2D eigenvalue weighted by molar-refractivity contribution is 5.84. The number of nitrogens with zero attached hydrogens (tertiary/aromatic N) is 2. The van der Waals surface area contributed by atoms with Gasteiger partial charge in [0.15, 0.2) is 0 Å². The molecule has 1 aromatic rings. The number of hydrogen-bond donors (Lipinski definition) is 0. The zero-order valence-electron chi connectivity index (χ0n) is 11.2. The monoisotopic (exact) mass is 252 g/mol. The van der Waals surface area contributed by atoms with Crippen LogP contribution in [0.1, 0.15) is 51.2 Å². The van der Waals surface area contributed by atoms with Gasteiger partial charge in [-0.1, -0.05) is 19.0 Å². The summed E-state index contributed by atoms with van der Waals surface area (Å²) in [4.78, 5) is 16.0. The molecule has 5 heteroatoms. The Morgan fingerprint density at radius 1 is 1.44 bits per heavy atom. The van der Waals surface area contributed by atoms with Crippen molar-refractivity contribution in [3.63, 3.8) is 0 Å². The van der Waals surface area contributed by atoms with Crippen LogP contribution in [0.15, 0.2) is 4.52 Å². The molecule has 1 aromatic heterocycles. The Morgan fingerprint density at radius 2 is 2.11 bits per heavy atom. The predicted octanol–water partition coefficient (Wildman–Crippen LogP) is 2.25. The molecule has 1 aliphatic rings. The summed E-state index contributed by atoms with van der Waals surface area (Å²) in [6.45, 7) is 4.05. The standard InChI is InChI=1S/C13H20N2O3/c1-4-13(5-2,17-3)12-14-11(18-15-12)8-10(16)9-6-7-9/h9H,4-8H2,1-3H3. The molecule has 0 aromatic carbocycles. The van der Waals surface area contributed by atoms with E-state index in [2.05, 4.69) is 10.1 Å². The van der Waals surface area contributed by atoms with Crippen LogP contribution in [-0.2, 0) is 21.6 Å². The Morgan fingerprint density at radius 3 is 2.61 bits per heavy atom. The second-order valence-corrected chi connectivity index (χ2v) is 4.83. The fourth-order valence-electron chi connectivity index (χ4n) is 2.16. The van der Waals surface area contributed by atoms with Crippen LogP contribution in [0.4, 0.5) is 0 Å². The van der Waals surface area contributed by atoms with E-state index in [-0.39, 0.29) is 18.1 Å². The normalized spacial score (nSPS) is 15.9. The minimum atomic E-state index is -0.496. The lowest BCUT2D eigenvalue weighted by Crippen LogP contribution is -2.28. The zero-order valence-corrected chi connectivity index (χ0v) is 11.2. The Labute approximate surface area is 107 Å². The molecule has 1 heterocycles. The molecule has 0 unspecified atom stereocenters. The summed E-state index contributed by atoms with van der Waals surface area (Å²) in [5, 5.41) is 3.97. The van der Waals surface area contributed by atoms with Crippen LogP contribution >= 0.6 is 0 Å². The molecule has 0 saturated heterocycles. The fourth-order valence-corrected chi connectivity index (χ4v) is 2.16. The number of methoxy groups -OCH3 is 1. The Hall–Kier alpha value is -1.23. The lowest BCUT2D eigenvalue weighted by molar-refractivity contribution is -0.119. The first-order valence-electron chi connectivity index (χ1n) is 6.56. The van der Waals surface area contributed by atoms with Crippen LogP contribution in [0, 0.1) is 5.92 Å². The zero-order chi connectivity index (χ0) is 13.2. The minimum Gasteiger partial charge on any atom is -0.370 e. The van der Waals surface area contributed by atoms with E-state index in [0.29, 0.717) is 11.7 Å². The molecule has 0 N–H and O–H groups in total. The molecule has 0 bridgehead atoms. The largest absolute Gasteiger partial charge is 0.370 e. The molecule has 5 nitrogen and oxygen atoms in total. The van der Waals surface area contributed by atoms with Crippen molar-refractivity contribution < 1.29 is 14.1 Å². The molecule has 1 saturated carbocycles. The van der Waals surface area contributed by atoms with Gasteiger partial charge in [-0.2, -0.15) is 4.98 Å². The third-order valence-corrected chi connectivity index (χ3v) is 3.77. The summed E-state index contributed by atoms with van der Waals surface area (Å²) in [7, 11) is 1.65. The quantitative estimate of drug-likeness (QED) is 0.744. The fraction of sp³-hybridized carbons (Fsp3) is 0.769. The van der Waals surface area contributed by atoms with Gasteiger partial charge in [-0.05, 0) is 25.7 Å². The number of ketones is 1. The van der Waals surface area contributed by atoms with Gasteiger partial charge in [0.1, 0.15) is 11.4 Å². The van der Waals surface area contributed by atoms with Crippen molar-refractivity contribution >= 4 is 5.78 Å². The summed E-state index contributed by atoms with van der Waals surface area (Å²) in [6, 6.07) is 0. The number of hydrogen-bond acceptors (Lipinski definition) is 5. The van der Waals surface area contributed by atoms with Crippen molar-refractivity contribution in [1.29, 1.82) is 0 Å². The van der Waals surface area contributed by atoms with Gasteiger partial charge in [0, 0.05) is 13.0 Å². The van der Waals surface area contributed by atoms with E-state index in [4.69, 9.17) is 9.26 Å². The maximum absolute atomic E-state index is 11.7. The van der Waals surface area contributed by atoms with E-state index in [1.54, 1.807) is 7.11 Å². The highest BCUT2D eigenvalue weighted by atomic mass is 16.5. The second kappa shape index (κ2) is 5.18. The average molecular weight is 252 g/mol. The molecule has 2 rings (SSSR count). The molecule has 100 valence electrons. The molecule has 0 radical (unpaired) electrons. The molecular weight excluding hydrogens is 232 g/mol. The molecule has 0 amide bonds. The van der Waals surface area contributed by atoms with Crippen molar-refractivity contribution in [3.05, 3.63) is 11.7 Å². The maximum atomic E-state index is 11.7. The lowest BCUT2D eigenvalue weighted by atomic mass is 9.96. The van der Waals surface area contributed by atoms with Crippen molar-refractivity contribution in [2.45, 2.75) is 51.6 Å². The topological polar surface area (TPSA) is 65.2 Å². The van der Waals surface area contributed by atoms with E-state index in [1.807, 2.05) is 13.8 Å². The van der Waals surface area contributed by atoms with E-state index in [9.17, 15) is 4.79 Å². The summed E-state index contributed by atoms with van der Waals surface area (Å²) in [5.74, 6) is 1.39. The van der Waals surface area contributed by atoms with Crippen molar-refractivity contribution in [3.8, 4) is 0 Å². The van der Waals surface area contributed by atoms with Gasteiger partial charge in [-0.3, -0.25) is 4.79 Å². The van der Waals surface area contributed by atoms with Gasteiger partial charge in [-0.25, -0.2) is 0 Å². The molecule has 1 fully saturated rings. The van der Waals surface area contributed by atoms with Crippen LogP contribution < -0.4 is 0 Å². The van der Waals surface area contributed by atoms with E-state index < -0.39 is 5.60 Å². The number of carbonyl (C=O) groups is 1. The van der Waals surface area contributed by atoms with Crippen molar-refractivity contribution in [2.24, 2.45) is 5.92 Å². The molecule has 0 atom stereocenters. The molecule has 0 spiro atoms. The number of carbonyl (C=O) groups excluding carboxylic acids is 1. The third-order valence-electron chi connectivity index (χ3n) is 3.77. The second-order valence-electron chi connectivity index (χ2n) is 4.83. The molecular formula is C13H20N2O3. The van der Waals surface area contributed by atoms with Gasteiger partial charge < -0.3 is 9.26 Å². The summed E-state index contributed by atoms with van der Waals surface area (Å²) < 4.78 is 10.7. The SMILES string of the molecule is CCC(CC)(OC)c1noc(CC(=O)C2CC2)n1. The Balaban J connectivity index is 2.10. The molecule has 0 aliphatic heterocycles. The van der Waals surface area contributed by atoms with Crippen LogP contribution in [0.2, 0.25) is 0 Å². The van der Waals surface area contributed by atoms with Crippen LogP contribution in [0.25, 0.3) is 0 Å². The summed E-state index contributed by atoms with van der Waals surface area (Å²) >= 11 is 0. The summed E-state index contributed by atoms with van der Waals surface area (Å²) in [5.41, 5.74) is -0.496. The molecule has 1 aliphatic carbocycles. The van der Waals surface area contributed by atoms with Gasteiger partial charge in [0.2, 0.25) is 11.7 Å². The Kier molecular flexibility index (Phi) is 3.80. The van der Waals surface area contributed by atoms with Gasteiger partial charge in [0.25, 0.3) is 0 Å². The first-order chi connectivity index (χ1) is 8.65. The number of Topliss-reactive ketones (excluding diaryl/α,β-unsaturated/α-hetero) is 1. The predicted molar refractivity (Wildman–Crippen MR) is 65.0 cm³/mol. The first-order valence-corrected chi connectivity index (χ1v) is 6.56. The van der Waals surface area contributed by atoms with E-state index >= 15 is 0 Å². The van der Waals surface area contributed by atoms with Crippen LogP contribution in [-0.4, -0.2) is 23.0 Å². The molecule has 18 heavy (non-hydrogen) atoms. The Bertz CT molecular complexity index is 411. The van der Waals surface area contributed by atoms with E-state index in [0.717, 1.165) is 25.7 Å². The minimum absolute atomic E-state index is 0.209. The highest BCUT2D eigenvalue weighted by Crippen LogP contribution is 2.32. The van der Waals surface area contributed by atoms with E-state index in [1.165, 1.54) is 0 Å². The maximum Gasteiger partial charge on any atom is 0.234 e. The van der Waals surface area contributed by atoms with Crippen LogP contribution in [0.3, 0.4) is 0 Å². The smallest absolute Gasteiger partial charge is 0.234 e. The van der Waals surface area contributed by atoms with Crippen molar-refractivity contribution in [1.82, 2.24) is 10.1 Å². The summed E-state index contributed by atoms with van der Waals surface area (Å²) in [6.07, 6.45) is 3.81. The lowest BCUT2D eigenvalue weighted by Gasteiger charge is -2.25. The van der Waals surface area contributed by atoms with Crippen molar-refractivity contribution in [2.75, 3.05) is 7.11 Å². The average Bonchev–Trinajstić information content (AvgIpc) is 3.14. The van der Waals surface area contributed by atoms with Crippen LogP contribution in [0.5, 0.6) is 0 Å². The highest BCUT2D eigenvalue weighted by Gasteiger charge is 2.35. The van der Waals surface area contributed by atoms with Gasteiger partial charge >= 0.3 is 0 Å². The number of aromatic nitrogens is 2. The number of rotatable bonds is 7. The van der Waals surface area contributed by atoms with Gasteiger partial charge in [0.05, 0.1) is 6.42 Å². The number of ether oxygens (including phenoxy) is 1. The third kappa shape index (κ3) is 2.46.